The van der Waals surface area contributed by atoms with Crippen LogP contribution in [0.25, 0.3) is 0 Å². The fourth-order valence-electron chi connectivity index (χ4n) is 1.56. The van der Waals surface area contributed by atoms with E-state index in [0.29, 0.717) is 13.2 Å². The maximum Gasteiger partial charge on any atom is 0.306 e. The number of rotatable bonds is 5. The lowest BCUT2D eigenvalue weighted by Crippen LogP contribution is -2.37. The van der Waals surface area contributed by atoms with Gasteiger partial charge in [0.1, 0.15) is 0 Å². The molecule has 2 atom stereocenters. The van der Waals surface area contributed by atoms with Gasteiger partial charge in [-0.3, -0.25) is 4.79 Å². The summed E-state index contributed by atoms with van der Waals surface area (Å²) in [5, 5.41) is 8.65. The van der Waals surface area contributed by atoms with Crippen LogP contribution in [0.1, 0.15) is 19.3 Å². The second-order valence-electron chi connectivity index (χ2n) is 3.31. The average Bonchev–Trinajstić information content (AvgIpc) is 2.16. The Morgan fingerprint density at radius 1 is 1.71 bits per heavy atom. The van der Waals surface area contributed by atoms with Crippen LogP contribution in [0.5, 0.6) is 0 Å². The minimum Gasteiger partial charge on any atom is -0.481 e. The van der Waals surface area contributed by atoms with Crippen molar-refractivity contribution < 1.29 is 19.4 Å². The van der Waals surface area contributed by atoms with E-state index in [0.717, 1.165) is 12.8 Å². The first-order valence-corrected chi connectivity index (χ1v) is 4.80. The molecule has 4 heteroatoms. The molecule has 0 spiro atoms. The zero-order chi connectivity index (χ0) is 10.4. The molecule has 0 aromatic heterocycles. The van der Waals surface area contributed by atoms with Crippen molar-refractivity contribution in [3.63, 3.8) is 0 Å². The van der Waals surface area contributed by atoms with Crippen LogP contribution in [-0.2, 0) is 14.3 Å². The van der Waals surface area contributed by atoms with E-state index in [9.17, 15) is 4.79 Å². The van der Waals surface area contributed by atoms with Gasteiger partial charge in [-0.1, -0.05) is 6.08 Å². The highest BCUT2D eigenvalue weighted by atomic mass is 16.5. The maximum absolute atomic E-state index is 10.5. The molecule has 0 amide bonds. The first-order chi connectivity index (χ1) is 6.74. The number of ether oxygens (including phenoxy) is 2. The number of hydrogen-bond acceptors (Lipinski definition) is 3. The summed E-state index contributed by atoms with van der Waals surface area (Å²) in [6.45, 7) is 4.63. The molecule has 0 unspecified atom stereocenters. The van der Waals surface area contributed by atoms with E-state index in [1.807, 2.05) is 0 Å². The molecule has 1 rings (SSSR count). The molecule has 0 aliphatic carbocycles. The number of aliphatic carboxylic acids is 1. The molecule has 14 heavy (non-hydrogen) atoms. The van der Waals surface area contributed by atoms with Gasteiger partial charge in [0.05, 0.1) is 25.2 Å². The van der Waals surface area contributed by atoms with E-state index in [1.54, 1.807) is 6.08 Å². The van der Waals surface area contributed by atoms with E-state index in [4.69, 9.17) is 14.6 Å². The normalized spacial score (nSPS) is 27.1. The highest BCUT2D eigenvalue weighted by molar-refractivity contribution is 5.67. The summed E-state index contributed by atoms with van der Waals surface area (Å²) in [4.78, 5) is 10.5. The van der Waals surface area contributed by atoms with Gasteiger partial charge in [0.25, 0.3) is 0 Å². The third-order valence-electron chi connectivity index (χ3n) is 2.18. The van der Waals surface area contributed by atoms with Gasteiger partial charge in [-0.25, -0.2) is 0 Å². The Morgan fingerprint density at radius 3 is 3.14 bits per heavy atom. The van der Waals surface area contributed by atoms with Crippen LogP contribution in [0.3, 0.4) is 0 Å². The van der Waals surface area contributed by atoms with Crippen LogP contribution in [-0.4, -0.2) is 36.5 Å². The minimum atomic E-state index is -0.843. The molecule has 1 saturated heterocycles. The van der Waals surface area contributed by atoms with Crippen LogP contribution in [0.15, 0.2) is 12.7 Å². The summed E-state index contributed by atoms with van der Waals surface area (Å²) < 4.78 is 10.8. The van der Waals surface area contributed by atoms with Gasteiger partial charge in [0.15, 0.2) is 0 Å². The van der Waals surface area contributed by atoms with E-state index < -0.39 is 5.97 Å². The number of hydrogen-bond donors (Lipinski definition) is 1. The average molecular weight is 200 g/mol. The second kappa shape index (κ2) is 5.78. The Hall–Kier alpha value is -0.870. The third kappa shape index (κ3) is 3.47. The summed E-state index contributed by atoms with van der Waals surface area (Å²) in [6, 6.07) is 0. The van der Waals surface area contributed by atoms with Gasteiger partial charge in [0.2, 0.25) is 0 Å². The fraction of sp³-hybridized carbons (Fsp3) is 0.700. The molecule has 0 saturated carbocycles. The number of carboxylic acid groups (broad SMARTS) is 1. The standard InChI is InChI=1S/C10H16O4/c1-2-5-13-8-4-3-6-14-9(8)7-10(11)12/h2,8-9H,1,3-7H2,(H,11,12)/t8-,9+/m0/s1. The largest absolute Gasteiger partial charge is 0.481 e. The second-order valence-corrected chi connectivity index (χ2v) is 3.31. The van der Waals surface area contributed by atoms with Crippen molar-refractivity contribution >= 4 is 5.97 Å². The summed E-state index contributed by atoms with van der Waals surface area (Å²) in [5.74, 6) is -0.843. The quantitative estimate of drug-likeness (QED) is 0.678. The summed E-state index contributed by atoms with van der Waals surface area (Å²) >= 11 is 0. The molecule has 1 N–H and O–H groups in total. The van der Waals surface area contributed by atoms with E-state index in [1.165, 1.54) is 0 Å². The van der Waals surface area contributed by atoms with Gasteiger partial charge in [-0.2, -0.15) is 0 Å². The Kier molecular flexibility index (Phi) is 4.62. The van der Waals surface area contributed by atoms with Crippen molar-refractivity contribution in [3.05, 3.63) is 12.7 Å². The van der Waals surface area contributed by atoms with Gasteiger partial charge in [0, 0.05) is 6.61 Å². The highest BCUT2D eigenvalue weighted by Crippen LogP contribution is 2.19. The molecule has 1 fully saturated rings. The first kappa shape index (κ1) is 11.2. The number of carbonyl (C=O) groups is 1. The first-order valence-electron chi connectivity index (χ1n) is 4.80. The number of carboxylic acids is 1. The molecule has 0 aromatic carbocycles. The molecule has 0 bridgehead atoms. The van der Waals surface area contributed by atoms with Gasteiger partial charge >= 0.3 is 5.97 Å². The van der Waals surface area contributed by atoms with Crippen molar-refractivity contribution in [2.24, 2.45) is 0 Å². The Morgan fingerprint density at radius 2 is 2.50 bits per heavy atom. The molecule has 80 valence electrons. The molecule has 0 radical (unpaired) electrons. The fourth-order valence-corrected chi connectivity index (χ4v) is 1.56. The van der Waals surface area contributed by atoms with Crippen molar-refractivity contribution in [1.29, 1.82) is 0 Å². The summed E-state index contributed by atoms with van der Waals surface area (Å²) in [7, 11) is 0. The smallest absolute Gasteiger partial charge is 0.306 e. The Bertz CT molecular complexity index is 202. The zero-order valence-electron chi connectivity index (χ0n) is 8.15. The lowest BCUT2D eigenvalue weighted by Gasteiger charge is -2.30. The van der Waals surface area contributed by atoms with Crippen molar-refractivity contribution in [3.8, 4) is 0 Å². The predicted molar refractivity (Wildman–Crippen MR) is 51.2 cm³/mol. The van der Waals surface area contributed by atoms with Crippen LogP contribution < -0.4 is 0 Å². The monoisotopic (exact) mass is 200 g/mol. The molecule has 1 aliphatic rings. The maximum atomic E-state index is 10.5. The molecule has 4 nitrogen and oxygen atoms in total. The van der Waals surface area contributed by atoms with Crippen LogP contribution in [0.2, 0.25) is 0 Å². The van der Waals surface area contributed by atoms with Crippen LogP contribution in [0.4, 0.5) is 0 Å². The topological polar surface area (TPSA) is 55.8 Å². The van der Waals surface area contributed by atoms with Crippen LogP contribution in [0, 0.1) is 0 Å². The van der Waals surface area contributed by atoms with Gasteiger partial charge < -0.3 is 14.6 Å². The van der Waals surface area contributed by atoms with E-state index >= 15 is 0 Å². The lowest BCUT2D eigenvalue weighted by molar-refractivity contribution is -0.148. The van der Waals surface area contributed by atoms with E-state index in [2.05, 4.69) is 6.58 Å². The van der Waals surface area contributed by atoms with Crippen molar-refractivity contribution in [1.82, 2.24) is 0 Å². The SMILES string of the molecule is C=CCO[C@H]1CCCO[C@@H]1CC(=O)O. The lowest BCUT2D eigenvalue weighted by atomic mass is 10.0. The zero-order valence-corrected chi connectivity index (χ0v) is 8.15. The van der Waals surface area contributed by atoms with Gasteiger partial charge in [-0.15, -0.1) is 6.58 Å². The highest BCUT2D eigenvalue weighted by Gasteiger charge is 2.28. The molecular formula is C10H16O4. The third-order valence-corrected chi connectivity index (χ3v) is 2.18. The van der Waals surface area contributed by atoms with Crippen molar-refractivity contribution in [2.45, 2.75) is 31.5 Å². The molecule has 0 aromatic rings. The molecule has 1 aliphatic heterocycles. The van der Waals surface area contributed by atoms with Crippen molar-refractivity contribution in [2.75, 3.05) is 13.2 Å². The van der Waals surface area contributed by atoms with Crippen LogP contribution >= 0.6 is 0 Å². The predicted octanol–water partition coefficient (Wildman–Crippen LogP) is 1.21. The minimum absolute atomic E-state index is 0.0157. The Balaban J connectivity index is 2.41. The Labute approximate surface area is 83.5 Å². The summed E-state index contributed by atoms with van der Waals surface area (Å²) in [5.41, 5.74) is 0. The molecule has 1 heterocycles. The van der Waals surface area contributed by atoms with E-state index in [-0.39, 0.29) is 18.6 Å². The summed E-state index contributed by atoms with van der Waals surface area (Å²) in [6.07, 6.45) is 3.07. The molecular weight excluding hydrogens is 184 g/mol. The van der Waals surface area contributed by atoms with Gasteiger partial charge in [-0.05, 0) is 12.8 Å².